The Labute approximate surface area is 115 Å². The van der Waals surface area contributed by atoms with Crippen molar-refractivity contribution in [2.45, 2.75) is 26.2 Å². The van der Waals surface area contributed by atoms with Gasteiger partial charge in [-0.05, 0) is 30.5 Å². The molecule has 1 fully saturated rings. The molecule has 0 atom stereocenters. The summed E-state index contributed by atoms with van der Waals surface area (Å²) >= 11 is 0. The van der Waals surface area contributed by atoms with Gasteiger partial charge in [0, 0.05) is 31.9 Å². The molecule has 1 saturated heterocycles. The number of rotatable bonds is 4. The number of carbonyl (C=O) groups excluding carboxylic acids is 1. The molecule has 0 saturated carbocycles. The van der Waals surface area contributed by atoms with E-state index in [4.69, 9.17) is 0 Å². The molecule has 0 radical (unpaired) electrons. The largest absolute Gasteiger partial charge is 0.322 e. The Bertz CT molecular complexity index is 396. The number of hydrogen-bond acceptors (Lipinski definition) is 2. The molecule has 2 amide bonds. The first-order valence-electron chi connectivity index (χ1n) is 7.15. The number of urea groups is 1. The minimum atomic E-state index is 0.00260. The molecule has 1 aromatic rings. The van der Waals surface area contributed by atoms with Crippen LogP contribution in [0.2, 0.25) is 0 Å². The first-order chi connectivity index (χ1) is 9.29. The molecule has 1 heterocycles. The Morgan fingerprint density at radius 3 is 2.58 bits per heavy atom. The molecule has 19 heavy (non-hydrogen) atoms. The van der Waals surface area contributed by atoms with Crippen LogP contribution in [0.3, 0.4) is 0 Å². The number of aryl methyl sites for hydroxylation is 1. The average molecular weight is 261 g/mol. The van der Waals surface area contributed by atoms with Gasteiger partial charge in [0.05, 0.1) is 0 Å². The van der Waals surface area contributed by atoms with E-state index in [1.165, 1.54) is 18.4 Å². The van der Waals surface area contributed by atoms with Crippen molar-refractivity contribution in [3.63, 3.8) is 0 Å². The number of nitrogens with zero attached hydrogens (tertiary/aromatic N) is 1. The third-order valence-electron chi connectivity index (χ3n) is 3.43. The Morgan fingerprint density at radius 2 is 1.95 bits per heavy atom. The molecule has 1 aliphatic heterocycles. The summed E-state index contributed by atoms with van der Waals surface area (Å²) in [4.78, 5) is 13.9. The normalized spacial score (nSPS) is 15.3. The van der Waals surface area contributed by atoms with Crippen molar-refractivity contribution in [1.82, 2.24) is 10.2 Å². The van der Waals surface area contributed by atoms with Crippen molar-refractivity contribution >= 4 is 11.7 Å². The fourth-order valence-electron chi connectivity index (χ4n) is 2.21. The maximum absolute atomic E-state index is 12.0. The second-order valence-corrected chi connectivity index (χ2v) is 4.97. The SMILES string of the molecule is CCCCc1ccc(NC(=O)N2CCNCC2)cc1. The number of anilines is 1. The van der Waals surface area contributed by atoms with Crippen LogP contribution < -0.4 is 10.6 Å². The molecule has 0 spiro atoms. The predicted octanol–water partition coefficient (Wildman–Crippen LogP) is 2.47. The molecule has 104 valence electrons. The van der Waals surface area contributed by atoms with Crippen molar-refractivity contribution in [3.8, 4) is 0 Å². The van der Waals surface area contributed by atoms with E-state index in [1.807, 2.05) is 17.0 Å². The van der Waals surface area contributed by atoms with Crippen LogP contribution >= 0.6 is 0 Å². The highest BCUT2D eigenvalue weighted by Gasteiger charge is 2.15. The van der Waals surface area contributed by atoms with E-state index < -0.39 is 0 Å². The summed E-state index contributed by atoms with van der Waals surface area (Å²) in [5.41, 5.74) is 2.21. The Balaban J connectivity index is 1.86. The van der Waals surface area contributed by atoms with Crippen LogP contribution in [0.15, 0.2) is 24.3 Å². The maximum Gasteiger partial charge on any atom is 0.321 e. The van der Waals surface area contributed by atoms with E-state index >= 15 is 0 Å². The van der Waals surface area contributed by atoms with E-state index in [-0.39, 0.29) is 6.03 Å². The molecule has 4 heteroatoms. The Morgan fingerprint density at radius 1 is 1.26 bits per heavy atom. The number of piperazine rings is 1. The first kappa shape index (κ1) is 13.9. The number of carbonyl (C=O) groups is 1. The van der Waals surface area contributed by atoms with Crippen LogP contribution in [0.25, 0.3) is 0 Å². The fraction of sp³-hybridized carbons (Fsp3) is 0.533. The van der Waals surface area contributed by atoms with Crippen LogP contribution in [0.5, 0.6) is 0 Å². The number of amides is 2. The third kappa shape index (κ3) is 4.24. The predicted molar refractivity (Wildman–Crippen MR) is 78.5 cm³/mol. The Kier molecular flexibility index (Phi) is 5.21. The summed E-state index contributed by atoms with van der Waals surface area (Å²) in [5.74, 6) is 0. The van der Waals surface area contributed by atoms with E-state index in [9.17, 15) is 4.79 Å². The molecule has 0 aromatic heterocycles. The molecule has 1 aliphatic rings. The zero-order valence-corrected chi connectivity index (χ0v) is 11.6. The zero-order chi connectivity index (χ0) is 13.5. The average Bonchev–Trinajstić information content (AvgIpc) is 2.47. The smallest absolute Gasteiger partial charge is 0.321 e. The zero-order valence-electron chi connectivity index (χ0n) is 11.6. The highest BCUT2D eigenvalue weighted by molar-refractivity contribution is 5.89. The monoisotopic (exact) mass is 261 g/mol. The summed E-state index contributed by atoms with van der Waals surface area (Å²) in [6.07, 6.45) is 3.54. The van der Waals surface area contributed by atoms with Gasteiger partial charge in [0.2, 0.25) is 0 Å². The maximum atomic E-state index is 12.0. The van der Waals surface area contributed by atoms with Crippen molar-refractivity contribution in [2.24, 2.45) is 0 Å². The molecule has 2 N–H and O–H groups in total. The molecule has 0 aliphatic carbocycles. The molecule has 0 bridgehead atoms. The highest BCUT2D eigenvalue weighted by atomic mass is 16.2. The van der Waals surface area contributed by atoms with Gasteiger partial charge in [0.1, 0.15) is 0 Å². The standard InChI is InChI=1S/C15H23N3O/c1-2-3-4-13-5-7-14(8-6-13)17-15(19)18-11-9-16-10-12-18/h5-8,16H,2-4,9-12H2,1H3,(H,17,19). The van der Waals surface area contributed by atoms with Gasteiger partial charge >= 0.3 is 6.03 Å². The summed E-state index contributed by atoms with van der Waals surface area (Å²) in [6.45, 7) is 5.51. The summed E-state index contributed by atoms with van der Waals surface area (Å²) < 4.78 is 0. The molecule has 4 nitrogen and oxygen atoms in total. The fourth-order valence-corrected chi connectivity index (χ4v) is 2.21. The quantitative estimate of drug-likeness (QED) is 0.874. The molecular weight excluding hydrogens is 238 g/mol. The second kappa shape index (κ2) is 7.14. The lowest BCUT2D eigenvalue weighted by Crippen LogP contribution is -2.48. The molecule has 0 unspecified atom stereocenters. The van der Waals surface area contributed by atoms with Crippen molar-refractivity contribution < 1.29 is 4.79 Å². The number of hydrogen-bond donors (Lipinski definition) is 2. The second-order valence-electron chi connectivity index (χ2n) is 4.97. The van der Waals surface area contributed by atoms with Gasteiger partial charge in [-0.1, -0.05) is 25.5 Å². The number of unbranched alkanes of at least 4 members (excludes halogenated alkanes) is 1. The van der Waals surface area contributed by atoms with Crippen LogP contribution in [-0.2, 0) is 6.42 Å². The van der Waals surface area contributed by atoms with Crippen LogP contribution in [0, 0.1) is 0 Å². The first-order valence-corrected chi connectivity index (χ1v) is 7.15. The van der Waals surface area contributed by atoms with E-state index in [0.29, 0.717) is 0 Å². The van der Waals surface area contributed by atoms with Crippen LogP contribution in [0.4, 0.5) is 10.5 Å². The van der Waals surface area contributed by atoms with E-state index in [0.717, 1.165) is 38.3 Å². The third-order valence-corrected chi connectivity index (χ3v) is 3.43. The lowest BCUT2D eigenvalue weighted by atomic mass is 10.1. The molecule has 1 aromatic carbocycles. The minimum Gasteiger partial charge on any atom is -0.322 e. The topological polar surface area (TPSA) is 44.4 Å². The summed E-state index contributed by atoms with van der Waals surface area (Å²) in [5, 5.41) is 6.19. The lowest BCUT2D eigenvalue weighted by Gasteiger charge is -2.27. The molecule has 2 rings (SSSR count). The van der Waals surface area contributed by atoms with Crippen LogP contribution in [-0.4, -0.2) is 37.1 Å². The highest BCUT2D eigenvalue weighted by Crippen LogP contribution is 2.12. The van der Waals surface area contributed by atoms with Crippen molar-refractivity contribution in [3.05, 3.63) is 29.8 Å². The summed E-state index contributed by atoms with van der Waals surface area (Å²) in [6, 6.07) is 8.19. The Hall–Kier alpha value is -1.55. The molecular formula is C15H23N3O. The van der Waals surface area contributed by atoms with Crippen LogP contribution in [0.1, 0.15) is 25.3 Å². The van der Waals surface area contributed by atoms with E-state index in [1.54, 1.807) is 0 Å². The lowest BCUT2D eigenvalue weighted by molar-refractivity contribution is 0.204. The van der Waals surface area contributed by atoms with E-state index in [2.05, 4.69) is 29.7 Å². The number of benzene rings is 1. The van der Waals surface area contributed by atoms with Gasteiger partial charge in [0.15, 0.2) is 0 Å². The van der Waals surface area contributed by atoms with Gasteiger partial charge in [-0.2, -0.15) is 0 Å². The van der Waals surface area contributed by atoms with Gasteiger partial charge in [-0.15, -0.1) is 0 Å². The number of nitrogens with one attached hydrogen (secondary N) is 2. The van der Waals surface area contributed by atoms with Gasteiger partial charge in [-0.3, -0.25) is 0 Å². The van der Waals surface area contributed by atoms with Crippen molar-refractivity contribution in [1.29, 1.82) is 0 Å². The van der Waals surface area contributed by atoms with Gasteiger partial charge in [0.25, 0.3) is 0 Å². The van der Waals surface area contributed by atoms with Crippen molar-refractivity contribution in [2.75, 3.05) is 31.5 Å². The van der Waals surface area contributed by atoms with Gasteiger partial charge in [-0.25, -0.2) is 4.79 Å². The summed E-state index contributed by atoms with van der Waals surface area (Å²) in [7, 11) is 0. The van der Waals surface area contributed by atoms with Gasteiger partial charge < -0.3 is 15.5 Å². The minimum absolute atomic E-state index is 0.00260.